The molecular weight excluding hydrogens is 537 g/mol. The monoisotopic (exact) mass is 565 g/mol. The number of aromatic nitrogens is 1. The maximum atomic E-state index is 15.2. The Morgan fingerprint density at radius 2 is 1.02 bits per heavy atom. The highest BCUT2D eigenvalue weighted by atomic mass is 32.2. The molecule has 0 spiro atoms. The first kappa shape index (κ1) is 25.7. The number of fused-ring (bicyclic) bond motifs is 3. The molecule has 2 nitrogen and oxygen atoms in total. The zero-order valence-electron chi connectivity index (χ0n) is 22.6. The summed E-state index contributed by atoms with van der Waals surface area (Å²) in [5.41, 5.74) is 4.59. The van der Waals surface area contributed by atoms with Crippen molar-refractivity contribution < 1.29 is 4.57 Å². The van der Waals surface area contributed by atoms with Gasteiger partial charge in [-0.1, -0.05) is 108 Å². The largest absolute Gasteiger partial charge is 0.309 e. The fourth-order valence-corrected chi connectivity index (χ4v) is 9.10. The minimum Gasteiger partial charge on any atom is -0.309 e. The lowest BCUT2D eigenvalue weighted by Gasteiger charge is -2.20. The molecule has 0 aliphatic rings. The molecule has 4 heteroatoms. The third-order valence-corrected chi connectivity index (χ3v) is 11.6. The van der Waals surface area contributed by atoms with Gasteiger partial charge in [0.1, 0.15) is 0 Å². The van der Waals surface area contributed by atoms with Crippen molar-refractivity contribution in [1.29, 1.82) is 0 Å². The number of benzene rings is 6. The van der Waals surface area contributed by atoms with Crippen molar-refractivity contribution in [3.05, 3.63) is 157 Å². The van der Waals surface area contributed by atoms with Gasteiger partial charge < -0.3 is 9.13 Å². The van der Waals surface area contributed by atoms with E-state index >= 15 is 4.57 Å². The summed E-state index contributed by atoms with van der Waals surface area (Å²) in [6.45, 7) is 2.11. The molecule has 41 heavy (non-hydrogen) atoms. The zero-order valence-corrected chi connectivity index (χ0v) is 24.4. The van der Waals surface area contributed by atoms with E-state index in [0.29, 0.717) is 0 Å². The van der Waals surface area contributed by atoms with E-state index in [1.54, 1.807) is 11.8 Å². The van der Waals surface area contributed by atoms with Crippen LogP contribution in [0.4, 0.5) is 0 Å². The second kappa shape index (κ2) is 10.6. The molecule has 0 bridgehead atoms. The van der Waals surface area contributed by atoms with Gasteiger partial charge in [0.05, 0.1) is 11.0 Å². The topological polar surface area (TPSA) is 22.0 Å². The molecule has 7 aromatic rings. The van der Waals surface area contributed by atoms with Crippen molar-refractivity contribution in [2.45, 2.75) is 16.7 Å². The van der Waals surface area contributed by atoms with Gasteiger partial charge in [0, 0.05) is 42.2 Å². The van der Waals surface area contributed by atoms with Crippen LogP contribution >= 0.6 is 18.9 Å². The van der Waals surface area contributed by atoms with Crippen LogP contribution in [0.1, 0.15) is 5.56 Å². The van der Waals surface area contributed by atoms with Crippen LogP contribution in [0.15, 0.2) is 161 Å². The molecule has 0 N–H and O–H groups in total. The second-order valence-corrected chi connectivity index (χ2v) is 14.2. The summed E-state index contributed by atoms with van der Waals surface area (Å²) in [5, 5.41) is 4.77. The van der Waals surface area contributed by atoms with E-state index in [9.17, 15) is 0 Å². The lowest BCUT2D eigenvalue weighted by atomic mass is 10.1. The third kappa shape index (κ3) is 4.62. The molecule has 0 aliphatic carbocycles. The first-order valence-electron chi connectivity index (χ1n) is 13.7. The van der Waals surface area contributed by atoms with Crippen LogP contribution in [0, 0.1) is 6.92 Å². The molecule has 1 heterocycles. The van der Waals surface area contributed by atoms with E-state index in [1.807, 2.05) is 66.7 Å². The first-order valence-corrected chi connectivity index (χ1v) is 16.2. The average molecular weight is 566 g/mol. The van der Waals surface area contributed by atoms with E-state index in [-0.39, 0.29) is 0 Å². The van der Waals surface area contributed by atoms with Crippen LogP contribution in [0.25, 0.3) is 27.5 Å². The fraction of sp³-hybridized carbons (Fsp3) is 0.0270. The van der Waals surface area contributed by atoms with Crippen molar-refractivity contribution >= 4 is 56.6 Å². The van der Waals surface area contributed by atoms with Gasteiger partial charge in [-0.2, -0.15) is 0 Å². The number of rotatable bonds is 6. The molecule has 0 radical (unpaired) electrons. The average Bonchev–Trinajstić information content (AvgIpc) is 3.36. The summed E-state index contributed by atoms with van der Waals surface area (Å²) in [6, 6.07) is 52.0. The van der Waals surface area contributed by atoms with Gasteiger partial charge in [-0.15, -0.1) is 0 Å². The molecule has 0 atom stereocenters. The maximum absolute atomic E-state index is 15.2. The van der Waals surface area contributed by atoms with Crippen molar-refractivity contribution in [2.75, 3.05) is 0 Å². The van der Waals surface area contributed by atoms with Crippen molar-refractivity contribution in [3.63, 3.8) is 0 Å². The van der Waals surface area contributed by atoms with Crippen LogP contribution in [0.5, 0.6) is 0 Å². The number of aryl methyl sites for hydroxylation is 1. The quantitative estimate of drug-likeness (QED) is 0.188. The number of para-hydroxylation sites is 1. The van der Waals surface area contributed by atoms with Gasteiger partial charge in [0.2, 0.25) is 0 Å². The molecule has 6 aromatic carbocycles. The van der Waals surface area contributed by atoms with Crippen molar-refractivity contribution in [2.24, 2.45) is 0 Å². The van der Waals surface area contributed by atoms with Gasteiger partial charge in [0.25, 0.3) is 0 Å². The molecule has 0 saturated carbocycles. The Morgan fingerprint density at radius 3 is 1.63 bits per heavy atom. The van der Waals surface area contributed by atoms with Gasteiger partial charge in [-0.05, 0) is 67.6 Å². The van der Waals surface area contributed by atoms with Crippen LogP contribution in [-0.2, 0) is 4.57 Å². The van der Waals surface area contributed by atoms with E-state index in [2.05, 4.69) is 96.4 Å². The summed E-state index contributed by atoms with van der Waals surface area (Å²) >= 11 is 1.76. The van der Waals surface area contributed by atoms with Crippen LogP contribution < -0.4 is 15.9 Å². The lowest BCUT2D eigenvalue weighted by molar-refractivity contribution is 0.592. The molecule has 0 unspecified atom stereocenters. The Kier molecular flexibility index (Phi) is 6.63. The van der Waals surface area contributed by atoms with Crippen LogP contribution in [0.3, 0.4) is 0 Å². The minimum atomic E-state index is -3.11. The van der Waals surface area contributed by atoms with Gasteiger partial charge in [-0.25, -0.2) is 0 Å². The Hall–Kier alpha value is -4.30. The summed E-state index contributed by atoms with van der Waals surface area (Å²) < 4.78 is 17.5. The predicted octanol–water partition coefficient (Wildman–Crippen LogP) is 8.88. The van der Waals surface area contributed by atoms with Crippen molar-refractivity contribution in [1.82, 2.24) is 4.57 Å². The van der Waals surface area contributed by atoms with E-state index in [1.165, 1.54) is 15.4 Å². The minimum absolute atomic E-state index is 0.839. The highest BCUT2D eigenvalue weighted by Crippen LogP contribution is 2.44. The SMILES string of the molecule is Cc1ccc(Sc2ccc3c(c2)c2cc(P(=O)(c4ccccc4)c4ccccc4)ccc2n3-c2ccccc2)cc1. The Morgan fingerprint density at radius 1 is 0.512 bits per heavy atom. The van der Waals surface area contributed by atoms with Crippen LogP contribution in [0.2, 0.25) is 0 Å². The Balaban J connectivity index is 1.48. The highest BCUT2D eigenvalue weighted by Gasteiger charge is 2.30. The first-order chi connectivity index (χ1) is 20.1. The number of hydrogen-bond acceptors (Lipinski definition) is 2. The highest BCUT2D eigenvalue weighted by molar-refractivity contribution is 7.99. The number of nitrogens with zero attached hydrogens (tertiary/aromatic N) is 1. The summed E-state index contributed by atoms with van der Waals surface area (Å²) in [6.07, 6.45) is 0. The summed E-state index contributed by atoms with van der Waals surface area (Å²) in [5.74, 6) is 0. The molecule has 198 valence electrons. The smallest absolute Gasteiger partial charge is 0.171 e. The third-order valence-electron chi connectivity index (χ3n) is 7.59. The van der Waals surface area contributed by atoms with Crippen molar-refractivity contribution in [3.8, 4) is 5.69 Å². The maximum Gasteiger partial charge on any atom is 0.171 e. The van der Waals surface area contributed by atoms with Gasteiger partial charge in [0.15, 0.2) is 7.14 Å². The molecule has 0 fully saturated rings. The normalized spacial score (nSPS) is 11.7. The molecule has 0 saturated heterocycles. The van der Waals surface area contributed by atoms with E-state index < -0.39 is 7.14 Å². The molecule has 7 rings (SSSR count). The van der Waals surface area contributed by atoms with Gasteiger partial charge >= 0.3 is 0 Å². The van der Waals surface area contributed by atoms with Crippen LogP contribution in [-0.4, -0.2) is 4.57 Å². The summed E-state index contributed by atoms with van der Waals surface area (Å²) in [7, 11) is -3.11. The predicted molar refractivity (Wildman–Crippen MR) is 175 cm³/mol. The molecule has 1 aromatic heterocycles. The zero-order chi connectivity index (χ0) is 27.8. The standard InChI is InChI=1S/C37H28NOPS/c1-27-17-20-32(21-18-27)41-33-22-24-37-35(26-33)34-25-31(19-23-36(34)38(37)28-11-5-2-6-12-28)40(39,29-13-7-3-8-14-29)30-15-9-4-10-16-30/h2-26H,1H3. The van der Waals surface area contributed by atoms with E-state index in [4.69, 9.17) is 0 Å². The lowest BCUT2D eigenvalue weighted by Crippen LogP contribution is -2.24. The Bertz CT molecular complexity index is 1990. The fourth-order valence-electron chi connectivity index (χ4n) is 5.57. The number of hydrogen-bond donors (Lipinski definition) is 0. The second-order valence-electron chi connectivity index (χ2n) is 10.2. The Labute approximate surface area is 244 Å². The van der Waals surface area contributed by atoms with Gasteiger partial charge in [-0.3, -0.25) is 0 Å². The molecule has 0 amide bonds. The summed E-state index contributed by atoms with van der Waals surface area (Å²) in [4.78, 5) is 2.38. The van der Waals surface area contributed by atoms with E-state index in [0.717, 1.165) is 43.4 Å². The molecular formula is C37H28NOPS. The molecule has 0 aliphatic heterocycles.